The van der Waals surface area contributed by atoms with Gasteiger partial charge in [0, 0.05) is 19.0 Å². The largest absolute Gasteiger partial charge is 0.493 e. The van der Waals surface area contributed by atoms with Crippen LogP contribution in [0.25, 0.3) is 0 Å². The number of rotatable bonds is 3. The lowest BCUT2D eigenvalue weighted by atomic mass is 10.1. The highest BCUT2D eigenvalue weighted by molar-refractivity contribution is 5.68. The van der Waals surface area contributed by atoms with Gasteiger partial charge in [-0.05, 0) is 45.7 Å². The maximum absolute atomic E-state index is 12.0. The molecule has 1 heterocycles. The van der Waals surface area contributed by atoms with Gasteiger partial charge in [-0.25, -0.2) is 4.79 Å². The predicted molar refractivity (Wildman–Crippen MR) is 82.6 cm³/mol. The molecule has 1 aromatic carbocycles. The van der Waals surface area contributed by atoms with E-state index in [1.807, 2.05) is 52.0 Å². The molecule has 2 rings (SSSR count). The van der Waals surface area contributed by atoms with Gasteiger partial charge < -0.3 is 14.4 Å². The normalized spacial score (nSPS) is 18.7. The molecule has 21 heavy (non-hydrogen) atoms. The molecule has 1 saturated heterocycles. The number of hydrogen-bond acceptors (Lipinski definition) is 3. The molecule has 4 nitrogen and oxygen atoms in total. The standard InChI is InChI=1S/C17H25NO3/c1-13-7-5-6-8-15(13)20-12-14-9-10-18(11-14)16(19)21-17(2,3)4/h5-8,14H,9-12H2,1-4H3/t14-/m1/s1. The molecule has 1 amide bonds. The second-order valence-electron chi connectivity index (χ2n) is 6.66. The summed E-state index contributed by atoms with van der Waals surface area (Å²) in [7, 11) is 0. The first-order valence-electron chi connectivity index (χ1n) is 7.51. The first-order chi connectivity index (χ1) is 9.85. The highest BCUT2D eigenvalue weighted by Crippen LogP contribution is 2.22. The van der Waals surface area contributed by atoms with Gasteiger partial charge in [0.2, 0.25) is 0 Å². The zero-order chi connectivity index (χ0) is 15.5. The Labute approximate surface area is 127 Å². The molecule has 0 aliphatic carbocycles. The zero-order valence-electron chi connectivity index (χ0n) is 13.4. The van der Waals surface area contributed by atoms with E-state index < -0.39 is 5.60 Å². The first-order valence-corrected chi connectivity index (χ1v) is 7.51. The van der Waals surface area contributed by atoms with Crippen LogP contribution in [0.2, 0.25) is 0 Å². The van der Waals surface area contributed by atoms with E-state index in [0.717, 1.165) is 24.3 Å². The van der Waals surface area contributed by atoms with Gasteiger partial charge in [0.05, 0.1) is 6.61 Å². The van der Waals surface area contributed by atoms with Crippen LogP contribution in [-0.2, 0) is 4.74 Å². The second kappa shape index (κ2) is 6.37. The van der Waals surface area contributed by atoms with Crippen molar-refractivity contribution in [1.82, 2.24) is 4.90 Å². The van der Waals surface area contributed by atoms with Crippen molar-refractivity contribution in [2.45, 2.75) is 39.7 Å². The minimum Gasteiger partial charge on any atom is -0.493 e. The molecule has 0 radical (unpaired) electrons. The molecule has 0 N–H and O–H groups in total. The van der Waals surface area contributed by atoms with E-state index in [9.17, 15) is 4.79 Å². The summed E-state index contributed by atoms with van der Waals surface area (Å²) in [6, 6.07) is 8.00. The van der Waals surface area contributed by atoms with Crippen LogP contribution in [0.4, 0.5) is 4.79 Å². The molecule has 0 saturated carbocycles. The van der Waals surface area contributed by atoms with Crippen LogP contribution in [0.15, 0.2) is 24.3 Å². The van der Waals surface area contributed by atoms with Gasteiger partial charge in [0.15, 0.2) is 0 Å². The number of benzene rings is 1. The molecule has 1 fully saturated rings. The summed E-state index contributed by atoms with van der Waals surface area (Å²) in [5, 5.41) is 0. The first kappa shape index (κ1) is 15.7. The SMILES string of the molecule is Cc1ccccc1OC[C@@H]1CCN(C(=O)OC(C)(C)C)C1. The lowest BCUT2D eigenvalue weighted by Gasteiger charge is -2.24. The summed E-state index contributed by atoms with van der Waals surface area (Å²) in [5.74, 6) is 1.30. The highest BCUT2D eigenvalue weighted by Gasteiger charge is 2.30. The maximum atomic E-state index is 12.0. The average Bonchev–Trinajstić information content (AvgIpc) is 2.85. The molecule has 0 aromatic heterocycles. The van der Waals surface area contributed by atoms with Crippen molar-refractivity contribution >= 4 is 6.09 Å². The van der Waals surface area contributed by atoms with E-state index in [1.165, 1.54) is 0 Å². The van der Waals surface area contributed by atoms with E-state index in [1.54, 1.807) is 4.90 Å². The van der Waals surface area contributed by atoms with Crippen molar-refractivity contribution in [2.75, 3.05) is 19.7 Å². The number of hydrogen-bond donors (Lipinski definition) is 0. The van der Waals surface area contributed by atoms with Gasteiger partial charge in [0.1, 0.15) is 11.4 Å². The molecule has 1 aliphatic heterocycles. The Hall–Kier alpha value is -1.71. The van der Waals surface area contributed by atoms with Crippen molar-refractivity contribution in [2.24, 2.45) is 5.92 Å². The Morgan fingerprint density at radius 3 is 2.71 bits per heavy atom. The number of nitrogens with zero attached hydrogens (tertiary/aromatic N) is 1. The molecule has 0 spiro atoms. The predicted octanol–water partition coefficient (Wildman–Crippen LogP) is 3.63. The Balaban J connectivity index is 1.80. The summed E-state index contributed by atoms with van der Waals surface area (Å²) < 4.78 is 11.3. The van der Waals surface area contributed by atoms with Gasteiger partial charge >= 0.3 is 6.09 Å². The van der Waals surface area contributed by atoms with Crippen molar-refractivity contribution < 1.29 is 14.3 Å². The van der Waals surface area contributed by atoms with Crippen molar-refractivity contribution in [1.29, 1.82) is 0 Å². The Bertz CT molecular complexity index is 493. The van der Waals surface area contributed by atoms with Crippen LogP contribution in [0.3, 0.4) is 0 Å². The summed E-state index contributed by atoms with van der Waals surface area (Å²) in [4.78, 5) is 13.8. The number of carbonyl (C=O) groups is 1. The molecule has 0 unspecified atom stereocenters. The number of para-hydroxylation sites is 1. The topological polar surface area (TPSA) is 38.8 Å². The molecule has 1 aliphatic rings. The monoisotopic (exact) mass is 291 g/mol. The van der Waals surface area contributed by atoms with Gasteiger partial charge in [-0.15, -0.1) is 0 Å². The second-order valence-corrected chi connectivity index (χ2v) is 6.66. The van der Waals surface area contributed by atoms with Gasteiger partial charge in [-0.2, -0.15) is 0 Å². The van der Waals surface area contributed by atoms with Crippen LogP contribution < -0.4 is 4.74 Å². The smallest absolute Gasteiger partial charge is 0.410 e. The Kier molecular flexibility index (Phi) is 4.76. The van der Waals surface area contributed by atoms with E-state index in [4.69, 9.17) is 9.47 Å². The molecular weight excluding hydrogens is 266 g/mol. The fraction of sp³-hybridized carbons (Fsp3) is 0.588. The Morgan fingerprint density at radius 1 is 1.33 bits per heavy atom. The molecule has 0 bridgehead atoms. The summed E-state index contributed by atoms with van der Waals surface area (Å²) in [6.45, 7) is 9.80. The summed E-state index contributed by atoms with van der Waals surface area (Å²) in [5.41, 5.74) is 0.701. The van der Waals surface area contributed by atoms with E-state index in [2.05, 4.69) is 0 Å². The minimum atomic E-state index is -0.438. The summed E-state index contributed by atoms with van der Waals surface area (Å²) >= 11 is 0. The molecule has 1 aromatic rings. The highest BCUT2D eigenvalue weighted by atomic mass is 16.6. The van der Waals surface area contributed by atoms with Gasteiger partial charge in [-0.1, -0.05) is 18.2 Å². The third-order valence-corrected chi connectivity index (χ3v) is 3.51. The van der Waals surface area contributed by atoms with Gasteiger partial charge in [-0.3, -0.25) is 0 Å². The summed E-state index contributed by atoms with van der Waals surface area (Å²) in [6.07, 6.45) is 0.742. The fourth-order valence-electron chi connectivity index (χ4n) is 2.39. The molecular formula is C17H25NO3. The van der Waals surface area contributed by atoms with Crippen molar-refractivity contribution in [3.63, 3.8) is 0 Å². The van der Waals surface area contributed by atoms with E-state index >= 15 is 0 Å². The van der Waals surface area contributed by atoms with Crippen LogP contribution in [0.1, 0.15) is 32.8 Å². The number of aryl methyl sites for hydroxylation is 1. The van der Waals surface area contributed by atoms with Crippen molar-refractivity contribution in [3.05, 3.63) is 29.8 Å². The third-order valence-electron chi connectivity index (χ3n) is 3.51. The fourth-order valence-corrected chi connectivity index (χ4v) is 2.39. The van der Waals surface area contributed by atoms with Crippen LogP contribution in [0.5, 0.6) is 5.75 Å². The number of ether oxygens (including phenoxy) is 2. The lowest BCUT2D eigenvalue weighted by Crippen LogP contribution is -2.35. The molecule has 116 valence electrons. The van der Waals surface area contributed by atoms with Crippen molar-refractivity contribution in [3.8, 4) is 5.75 Å². The zero-order valence-corrected chi connectivity index (χ0v) is 13.4. The maximum Gasteiger partial charge on any atom is 0.410 e. The van der Waals surface area contributed by atoms with E-state index in [0.29, 0.717) is 19.1 Å². The molecule has 4 heteroatoms. The molecule has 1 atom stereocenters. The number of amides is 1. The minimum absolute atomic E-state index is 0.221. The third kappa shape index (κ3) is 4.66. The van der Waals surface area contributed by atoms with Crippen LogP contribution in [0, 0.1) is 12.8 Å². The Morgan fingerprint density at radius 2 is 2.05 bits per heavy atom. The number of likely N-dealkylation sites (tertiary alicyclic amines) is 1. The average molecular weight is 291 g/mol. The van der Waals surface area contributed by atoms with Crippen LogP contribution in [-0.4, -0.2) is 36.3 Å². The number of carbonyl (C=O) groups excluding carboxylic acids is 1. The van der Waals surface area contributed by atoms with Gasteiger partial charge in [0.25, 0.3) is 0 Å². The van der Waals surface area contributed by atoms with E-state index in [-0.39, 0.29) is 6.09 Å². The van der Waals surface area contributed by atoms with Crippen LogP contribution >= 0.6 is 0 Å². The quantitative estimate of drug-likeness (QED) is 0.853. The lowest BCUT2D eigenvalue weighted by molar-refractivity contribution is 0.0285.